The lowest BCUT2D eigenvalue weighted by molar-refractivity contribution is -0.127. The maximum Gasteiger partial charge on any atom is 0.244 e. The number of amides is 1. The first-order valence-electron chi connectivity index (χ1n) is 8.46. The van der Waals surface area contributed by atoms with E-state index < -0.39 is 15.6 Å². The van der Waals surface area contributed by atoms with E-state index in [1.54, 1.807) is 11.2 Å². The molecule has 1 aliphatic heterocycles. The van der Waals surface area contributed by atoms with Crippen molar-refractivity contribution in [1.29, 1.82) is 0 Å². The Kier molecular flexibility index (Phi) is 6.14. The Morgan fingerprint density at radius 1 is 1.16 bits per heavy atom. The van der Waals surface area contributed by atoms with Gasteiger partial charge in [-0.2, -0.15) is 0 Å². The van der Waals surface area contributed by atoms with E-state index in [1.807, 2.05) is 30.3 Å². The fraction of sp³-hybridized carbons (Fsp3) is 0.588. The molecule has 0 radical (unpaired) electrons. The molecular formula is C17H26ClN3O3S. The minimum absolute atomic E-state index is 0. The second kappa shape index (κ2) is 7.61. The van der Waals surface area contributed by atoms with Crippen LogP contribution >= 0.6 is 12.4 Å². The predicted octanol–water partition coefficient (Wildman–Crippen LogP) is 1.36. The predicted molar refractivity (Wildman–Crippen MR) is 99.9 cm³/mol. The largest absolute Gasteiger partial charge is 0.351 e. The number of piperidine rings is 1. The molecule has 1 aromatic carbocycles. The van der Waals surface area contributed by atoms with Crippen LogP contribution in [0.1, 0.15) is 38.2 Å². The van der Waals surface area contributed by atoms with Crippen LogP contribution in [0, 0.1) is 0 Å². The lowest BCUT2D eigenvalue weighted by Crippen LogP contribution is -2.54. The maximum atomic E-state index is 12.6. The molecule has 3 rings (SSSR count). The number of nitrogens with one attached hydrogen (secondary N) is 1. The van der Waals surface area contributed by atoms with Crippen LogP contribution in [0.2, 0.25) is 0 Å². The normalized spacial score (nSPS) is 21.8. The second-order valence-corrected chi connectivity index (χ2v) is 9.17. The number of rotatable bonds is 5. The van der Waals surface area contributed by atoms with E-state index >= 15 is 0 Å². The number of nitrogens with two attached hydrogens (primary N) is 1. The van der Waals surface area contributed by atoms with Crippen molar-refractivity contribution in [2.75, 3.05) is 13.1 Å². The minimum Gasteiger partial charge on any atom is -0.351 e. The van der Waals surface area contributed by atoms with Crippen LogP contribution in [0.3, 0.4) is 0 Å². The molecule has 8 heteroatoms. The van der Waals surface area contributed by atoms with Gasteiger partial charge in [0, 0.05) is 19.1 Å². The third-order valence-electron chi connectivity index (χ3n) is 4.94. The molecule has 0 aromatic heterocycles. The van der Waals surface area contributed by atoms with Gasteiger partial charge in [0.1, 0.15) is 5.54 Å². The van der Waals surface area contributed by atoms with Gasteiger partial charge in [0.25, 0.3) is 0 Å². The van der Waals surface area contributed by atoms with Gasteiger partial charge in [-0.15, -0.1) is 12.4 Å². The van der Waals surface area contributed by atoms with Crippen molar-refractivity contribution < 1.29 is 13.2 Å². The average molecular weight is 388 g/mol. The lowest BCUT2D eigenvalue weighted by Gasteiger charge is -2.34. The van der Waals surface area contributed by atoms with Crippen molar-refractivity contribution in [3.8, 4) is 0 Å². The minimum atomic E-state index is -3.12. The van der Waals surface area contributed by atoms with Crippen molar-refractivity contribution in [3.63, 3.8) is 0 Å². The van der Waals surface area contributed by atoms with Crippen molar-refractivity contribution in [2.24, 2.45) is 5.73 Å². The van der Waals surface area contributed by atoms with Crippen molar-refractivity contribution >= 4 is 28.3 Å². The summed E-state index contributed by atoms with van der Waals surface area (Å²) in [6.07, 6.45) is 2.81. The van der Waals surface area contributed by atoms with Crippen molar-refractivity contribution in [1.82, 2.24) is 9.62 Å². The summed E-state index contributed by atoms with van der Waals surface area (Å²) in [4.78, 5) is 12.6. The summed E-state index contributed by atoms with van der Waals surface area (Å²) in [5.41, 5.74) is 5.89. The van der Waals surface area contributed by atoms with Crippen molar-refractivity contribution in [3.05, 3.63) is 35.9 Å². The molecule has 0 spiro atoms. The van der Waals surface area contributed by atoms with Gasteiger partial charge >= 0.3 is 0 Å². The zero-order valence-corrected chi connectivity index (χ0v) is 16.0. The van der Waals surface area contributed by atoms with Gasteiger partial charge < -0.3 is 11.1 Å². The molecule has 1 aromatic rings. The van der Waals surface area contributed by atoms with Crippen molar-refractivity contribution in [2.45, 2.75) is 49.4 Å². The topological polar surface area (TPSA) is 92.5 Å². The van der Waals surface area contributed by atoms with E-state index in [0.29, 0.717) is 25.9 Å². The lowest BCUT2D eigenvalue weighted by atomic mass is 9.91. The molecule has 1 amide bonds. The summed E-state index contributed by atoms with van der Waals surface area (Å²) in [5.74, 6) is -0.225. The summed E-state index contributed by atoms with van der Waals surface area (Å²) in [6, 6.07) is 9.24. The number of carbonyl (C=O) groups is 1. The molecule has 2 fully saturated rings. The molecule has 1 saturated heterocycles. The smallest absolute Gasteiger partial charge is 0.244 e. The molecule has 6 nitrogen and oxygen atoms in total. The fourth-order valence-electron chi connectivity index (χ4n) is 3.08. The number of benzene rings is 1. The van der Waals surface area contributed by atoms with Gasteiger partial charge in [-0.3, -0.25) is 4.79 Å². The van der Waals surface area contributed by atoms with Gasteiger partial charge in [0.2, 0.25) is 15.9 Å². The van der Waals surface area contributed by atoms with Crippen LogP contribution in [0.25, 0.3) is 0 Å². The van der Waals surface area contributed by atoms with E-state index in [1.165, 1.54) is 0 Å². The maximum absolute atomic E-state index is 12.6. The summed E-state index contributed by atoms with van der Waals surface area (Å²) in [7, 11) is -3.12. The Morgan fingerprint density at radius 2 is 1.72 bits per heavy atom. The van der Waals surface area contributed by atoms with Gasteiger partial charge in [-0.1, -0.05) is 30.3 Å². The Hall–Kier alpha value is -1.15. The third kappa shape index (κ3) is 4.34. The summed E-state index contributed by atoms with van der Waals surface area (Å²) in [5, 5.41) is 2.82. The number of halogens is 1. The highest BCUT2D eigenvalue weighted by Crippen LogP contribution is 2.32. The van der Waals surface area contributed by atoms with E-state index in [4.69, 9.17) is 5.73 Å². The summed E-state index contributed by atoms with van der Waals surface area (Å²) >= 11 is 0. The first kappa shape index (κ1) is 20.2. The highest BCUT2D eigenvalue weighted by Gasteiger charge is 2.41. The van der Waals surface area contributed by atoms with E-state index in [0.717, 1.165) is 18.4 Å². The van der Waals surface area contributed by atoms with Crippen LogP contribution < -0.4 is 11.1 Å². The fourth-order valence-corrected chi connectivity index (χ4v) is 4.96. The number of nitrogens with zero attached hydrogens (tertiary/aromatic N) is 1. The standard InChI is InChI=1S/C17H25N3O3S.ClH/c1-17(18,13-5-3-2-4-6-13)16(21)19-14-9-11-20(12-10-14)24(22,23)15-7-8-15;/h2-6,14-15H,7-12,18H2,1H3,(H,19,21);1H. The molecule has 1 aliphatic carbocycles. The first-order chi connectivity index (χ1) is 11.3. The highest BCUT2D eigenvalue weighted by molar-refractivity contribution is 7.90. The molecule has 1 heterocycles. The molecule has 3 N–H and O–H groups in total. The molecule has 1 unspecified atom stereocenters. The quantitative estimate of drug-likeness (QED) is 0.797. The van der Waals surface area contributed by atoms with Gasteiger partial charge in [-0.05, 0) is 38.2 Å². The number of hydrogen-bond acceptors (Lipinski definition) is 4. The Morgan fingerprint density at radius 3 is 2.24 bits per heavy atom. The van der Waals surface area contributed by atoms with Crippen LogP contribution in [0.4, 0.5) is 0 Å². The monoisotopic (exact) mass is 387 g/mol. The second-order valence-electron chi connectivity index (χ2n) is 6.96. The first-order valence-corrected chi connectivity index (χ1v) is 9.96. The molecular weight excluding hydrogens is 362 g/mol. The van der Waals surface area contributed by atoms with Crippen LogP contribution in [0.5, 0.6) is 0 Å². The molecule has 140 valence electrons. The molecule has 2 aliphatic rings. The van der Waals surface area contributed by atoms with Gasteiger partial charge in [0.15, 0.2) is 0 Å². The van der Waals surface area contributed by atoms with E-state index in [2.05, 4.69) is 5.32 Å². The van der Waals surface area contributed by atoms with Crippen LogP contribution in [-0.4, -0.2) is 43.0 Å². The number of sulfonamides is 1. The Bertz CT molecular complexity index is 697. The molecule has 1 saturated carbocycles. The Balaban J connectivity index is 0.00000225. The SMILES string of the molecule is CC(N)(C(=O)NC1CCN(S(=O)(=O)C2CC2)CC1)c1ccccc1.Cl. The van der Waals surface area contributed by atoms with Gasteiger partial charge in [0.05, 0.1) is 5.25 Å². The highest BCUT2D eigenvalue weighted by atomic mass is 35.5. The van der Waals surface area contributed by atoms with Crippen LogP contribution in [0.15, 0.2) is 30.3 Å². The average Bonchev–Trinajstić information content (AvgIpc) is 3.41. The molecule has 25 heavy (non-hydrogen) atoms. The van der Waals surface area contributed by atoms with E-state index in [9.17, 15) is 13.2 Å². The van der Waals surface area contributed by atoms with Crippen LogP contribution in [-0.2, 0) is 20.4 Å². The molecule has 0 bridgehead atoms. The summed E-state index contributed by atoms with van der Waals surface area (Å²) < 4.78 is 26.1. The summed E-state index contributed by atoms with van der Waals surface area (Å²) in [6.45, 7) is 2.64. The number of carbonyl (C=O) groups excluding carboxylic acids is 1. The third-order valence-corrected chi connectivity index (χ3v) is 7.34. The zero-order valence-electron chi connectivity index (χ0n) is 14.3. The number of hydrogen-bond donors (Lipinski definition) is 2. The Labute approximate surface area is 155 Å². The molecule has 1 atom stereocenters. The van der Waals surface area contributed by atoms with E-state index in [-0.39, 0.29) is 29.6 Å². The van der Waals surface area contributed by atoms with Gasteiger partial charge in [-0.25, -0.2) is 12.7 Å². The zero-order chi connectivity index (χ0) is 17.4.